The number of hydrogen-bond donors (Lipinski definition) is 2. The molecule has 0 spiro atoms. The molecule has 0 saturated carbocycles. The first-order valence-electron chi connectivity index (χ1n) is 9.10. The molecule has 4 rings (SSSR count). The normalized spacial score (nSPS) is 16.0. The van der Waals surface area contributed by atoms with Gasteiger partial charge in [-0.25, -0.2) is 4.99 Å². The minimum absolute atomic E-state index is 0.147. The second-order valence-corrected chi connectivity index (χ2v) is 8.41. The van der Waals surface area contributed by atoms with Gasteiger partial charge in [0.05, 0.1) is 15.6 Å². The molecule has 6 nitrogen and oxygen atoms in total. The van der Waals surface area contributed by atoms with E-state index in [2.05, 4.69) is 15.6 Å². The van der Waals surface area contributed by atoms with E-state index in [0.29, 0.717) is 48.6 Å². The number of amidine groups is 1. The van der Waals surface area contributed by atoms with E-state index in [-0.39, 0.29) is 11.8 Å². The van der Waals surface area contributed by atoms with Gasteiger partial charge in [-0.15, -0.1) is 0 Å². The van der Waals surface area contributed by atoms with Crippen LogP contribution in [0.1, 0.15) is 12.7 Å². The van der Waals surface area contributed by atoms with Gasteiger partial charge in [-0.1, -0.05) is 23.2 Å². The largest absolute Gasteiger partial charge is 0.457 e. The summed E-state index contributed by atoms with van der Waals surface area (Å²) < 4.78 is 5.83. The van der Waals surface area contributed by atoms with Crippen molar-refractivity contribution in [2.45, 2.75) is 6.92 Å². The minimum atomic E-state index is -0.266. The van der Waals surface area contributed by atoms with Crippen LogP contribution in [0.15, 0.2) is 68.9 Å². The molecule has 0 unspecified atom stereocenters. The average Bonchev–Trinajstić information content (AvgIpc) is 3.32. The summed E-state index contributed by atoms with van der Waals surface area (Å²) in [7, 11) is 0. The van der Waals surface area contributed by atoms with Gasteiger partial charge in [0.2, 0.25) is 5.91 Å². The highest BCUT2D eigenvalue weighted by molar-refractivity contribution is 8.18. The van der Waals surface area contributed by atoms with Crippen LogP contribution in [-0.4, -0.2) is 17.0 Å². The third kappa shape index (κ3) is 5.19. The zero-order valence-corrected chi connectivity index (χ0v) is 18.4. The molecule has 1 aromatic heterocycles. The Bertz CT molecular complexity index is 1230. The summed E-state index contributed by atoms with van der Waals surface area (Å²) in [5.41, 5.74) is 2.00. The Balaban J connectivity index is 1.51. The lowest BCUT2D eigenvalue weighted by Crippen LogP contribution is -2.19. The van der Waals surface area contributed by atoms with Crippen LogP contribution in [0.3, 0.4) is 0 Å². The van der Waals surface area contributed by atoms with Crippen LogP contribution >= 0.6 is 35.0 Å². The van der Waals surface area contributed by atoms with Crippen molar-refractivity contribution in [2.24, 2.45) is 4.99 Å². The predicted molar refractivity (Wildman–Crippen MR) is 126 cm³/mol. The highest BCUT2D eigenvalue weighted by Crippen LogP contribution is 2.34. The standard InChI is InChI=1S/C22H15Cl2N3O3S/c1-12(28)25-14-3-5-15(6-4-14)26-22-27-21(29)20(31-22)11-16-7-9-19(30-16)17-10-13(23)2-8-18(17)24/h2-11H,1H3,(H,25,28)(H,26,27,29)/b20-11+. The summed E-state index contributed by atoms with van der Waals surface area (Å²) in [5.74, 6) is 0.643. The van der Waals surface area contributed by atoms with E-state index in [4.69, 9.17) is 27.6 Å². The number of anilines is 1. The second-order valence-electron chi connectivity index (χ2n) is 6.54. The molecule has 3 aromatic rings. The van der Waals surface area contributed by atoms with Crippen LogP contribution in [0.2, 0.25) is 10.0 Å². The molecule has 31 heavy (non-hydrogen) atoms. The molecule has 1 saturated heterocycles. The van der Waals surface area contributed by atoms with Gasteiger partial charge in [-0.3, -0.25) is 9.59 Å². The number of nitrogens with one attached hydrogen (secondary N) is 2. The van der Waals surface area contributed by atoms with Crippen molar-refractivity contribution in [3.63, 3.8) is 0 Å². The van der Waals surface area contributed by atoms with Crippen LogP contribution in [-0.2, 0) is 9.59 Å². The van der Waals surface area contributed by atoms with E-state index in [9.17, 15) is 9.59 Å². The first-order valence-corrected chi connectivity index (χ1v) is 10.7. The number of carbonyl (C=O) groups excluding carboxylic acids is 2. The van der Waals surface area contributed by atoms with Crippen LogP contribution in [0.25, 0.3) is 17.4 Å². The van der Waals surface area contributed by atoms with E-state index in [1.54, 1.807) is 60.7 Å². The maximum atomic E-state index is 12.3. The smallest absolute Gasteiger partial charge is 0.264 e. The first kappa shape index (κ1) is 21.2. The monoisotopic (exact) mass is 471 g/mol. The van der Waals surface area contributed by atoms with Crippen molar-refractivity contribution in [3.05, 3.63) is 75.3 Å². The van der Waals surface area contributed by atoms with Crippen molar-refractivity contribution < 1.29 is 14.0 Å². The molecule has 2 amide bonds. The average molecular weight is 472 g/mol. The zero-order chi connectivity index (χ0) is 22.0. The fraction of sp³-hybridized carbons (Fsp3) is 0.0455. The maximum Gasteiger partial charge on any atom is 0.264 e. The minimum Gasteiger partial charge on any atom is -0.457 e. The van der Waals surface area contributed by atoms with Crippen LogP contribution in [0.5, 0.6) is 0 Å². The molecule has 0 atom stereocenters. The van der Waals surface area contributed by atoms with E-state index in [1.165, 1.54) is 18.7 Å². The Morgan fingerprint density at radius 2 is 1.90 bits per heavy atom. The topological polar surface area (TPSA) is 83.7 Å². The number of halogens is 2. The number of amides is 2. The van der Waals surface area contributed by atoms with Crippen molar-refractivity contribution in [2.75, 3.05) is 5.32 Å². The second kappa shape index (κ2) is 9.01. The van der Waals surface area contributed by atoms with Crippen LogP contribution in [0, 0.1) is 0 Å². The van der Waals surface area contributed by atoms with Gasteiger partial charge in [-0.05, 0) is 66.4 Å². The van der Waals surface area contributed by atoms with Crippen molar-refractivity contribution in [1.82, 2.24) is 5.32 Å². The van der Waals surface area contributed by atoms with Gasteiger partial charge in [0.15, 0.2) is 5.17 Å². The molecule has 9 heteroatoms. The number of nitrogens with zero attached hydrogens (tertiary/aromatic N) is 1. The number of carbonyl (C=O) groups is 2. The van der Waals surface area contributed by atoms with Gasteiger partial charge in [0.1, 0.15) is 11.5 Å². The lowest BCUT2D eigenvalue weighted by molar-refractivity contribution is -0.115. The Morgan fingerprint density at radius 1 is 1.13 bits per heavy atom. The molecule has 2 N–H and O–H groups in total. The van der Waals surface area contributed by atoms with Gasteiger partial charge in [0, 0.05) is 29.3 Å². The summed E-state index contributed by atoms with van der Waals surface area (Å²) in [6, 6.07) is 15.6. The third-order valence-electron chi connectivity index (χ3n) is 4.16. The molecule has 0 radical (unpaired) electrons. The summed E-state index contributed by atoms with van der Waals surface area (Å²) in [6.45, 7) is 1.44. The van der Waals surface area contributed by atoms with Crippen molar-refractivity contribution >= 4 is 69.4 Å². The lowest BCUT2D eigenvalue weighted by atomic mass is 10.2. The molecule has 0 bridgehead atoms. The zero-order valence-electron chi connectivity index (χ0n) is 16.1. The van der Waals surface area contributed by atoms with E-state index in [1.807, 2.05) is 0 Å². The fourth-order valence-corrected chi connectivity index (χ4v) is 4.02. The molecule has 2 heterocycles. The first-order chi connectivity index (χ1) is 14.9. The number of benzene rings is 2. The van der Waals surface area contributed by atoms with Gasteiger partial charge < -0.3 is 15.1 Å². The Hall–Kier alpha value is -3.00. The Labute approximate surface area is 192 Å². The highest BCUT2D eigenvalue weighted by atomic mass is 35.5. The van der Waals surface area contributed by atoms with Crippen LogP contribution < -0.4 is 10.6 Å². The summed E-state index contributed by atoms with van der Waals surface area (Å²) in [6.07, 6.45) is 1.64. The fourth-order valence-electron chi connectivity index (χ4n) is 2.81. The molecular weight excluding hydrogens is 457 g/mol. The SMILES string of the molecule is CC(=O)Nc1ccc(N=C2NC(=O)/C(=C\c3ccc(-c4cc(Cl)ccc4Cl)o3)S2)cc1. The third-order valence-corrected chi connectivity index (χ3v) is 5.64. The Morgan fingerprint density at radius 3 is 2.65 bits per heavy atom. The molecule has 0 aliphatic carbocycles. The van der Waals surface area contributed by atoms with Gasteiger partial charge in [0.25, 0.3) is 5.91 Å². The highest BCUT2D eigenvalue weighted by Gasteiger charge is 2.24. The van der Waals surface area contributed by atoms with Crippen LogP contribution in [0.4, 0.5) is 11.4 Å². The summed E-state index contributed by atoms with van der Waals surface area (Å²) in [4.78, 5) is 28.3. The number of rotatable bonds is 4. The molecular formula is C22H15Cl2N3O3S. The quantitative estimate of drug-likeness (QED) is 0.450. The van der Waals surface area contributed by atoms with Crippen molar-refractivity contribution in [3.8, 4) is 11.3 Å². The molecule has 2 aromatic carbocycles. The maximum absolute atomic E-state index is 12.3. The van der Waals surface area contributed by atoms with E-state index < -0.39 is 0 Å². The van der Waals surface area contributed by atoms with E-state index >= 15 is 0 Å². The molecule has 1 aliphatic rings. The number of aliphatic imine (C=N–C) groups is 1. The summed E-state index contributed by atoms with van der Waals surface area (Å²) >= 11 is 13.5. The molecule has 156 valence electrons. The predicted octanol–water partition coefficient (Wildman–Crippen LogP) is 6.10. The summed E-state index contributed by atoms with van der Waals surface area (Å²) in [5, 5.41) is 6.94. The van der Waals surface area contributed by atoms with Gasteiger partial charge >= 0.3 is 0 Å². The molecule has 1 fully saturated rings. The number of thioether (sulfide) groups is 1. The van der Waals surface area contributed by atoms with Gasteiger partial charge in [-0.2, -0.15) is 0 Å². The Kier molecular flexibility index (Phi) is 6.18. The molecule has 1 aliphatic heterocycles. The van der Waals surface area contributed by atoms with E-state index in [0.717, 1.165) is 0 Å². The number of hydrogen-bond acceptors (Lipinski definition) is 5. The van der Waals surface area contributed by atoms with Crippen molar-refractivity contribution in [1.29, 1.82) is 0 Å². The lowest BCUT2D eigenvalue weighted by Gasteiger charge is -2.02. The number of furan rings is 1.